The molecule has 0 saturated heterocycles. The van der Waals surface area contributed by atoms with Crippen LogP contribution in [0.25, 0.3) is 0 Å². The number of anilines is 1. The monoisotopic (exact) mass is 219 g/mol. The molecule has 0 spiro atoms. The first-order valence-corrected chi connectivity index (χ1v) is 5.14. The van der Waals surface area contributed by atoms with E-state index in [2.05, 4.69) is 10.5 Å². The summed E-state index contributed by atoms with van der Waals surface area (Å²) >= 11 is 0. The van der Waals surface area contributed by atoms with Crippen molar-refractivity contribution in [3.05, 3.63) is 29.8 Å². The highest BCUT2D eigenvalue weighted by Crippen LogP contribution is 2.14. The minimum atomic E-state index is -0.0156. The van der Waals surface area contributed by atoms with Crippen molar-refractivity contribution in [1.29, 1.82) is 5.41 Å². The molecule has 0 aliphatic carbocycles. The van der Waals surface area contributed by atoms with E-state index in [1.165, 1.54) is 13.1 Å². The minimum Gasteiger partial charge on any atom is -0.307 e. The van der Waals surface area contributed by atoms with E-state index >= 15 is 0 Å². The third-order valence-corrected chi connectivity index (χ3v) is 1.64. The van der Waals surface area contributed by atoms with Crippen molar-refractivity contribution in [1.82, 2.24) is 0 Å². The van der Waals surface area contributed by atoms with Crippen molar-refractivity contribution in [3.63, 3.8) is 0 Å². The molecule has 0 heterocycles. The molecule has 0 aliphatic heterocycles. The Morgan fingerprint density at radius 2 is 2.00 bits per heavy atom. The Hall–Kier alpha value is -1.97. The van der Waals surface area contributed by atoms with Crippen molar-refractivity contribution in [3.8, 4) is 0 Å². The number of para-hydroxylation sites is 1. The van der Waals surface area contributed by atoms with Crippen molar-refractivity contribution in [2.24, 2.45) is 5.10 Å². The number of rotatable bonds is 4. The summed E-state index contributed by atoms with van der Waals surface area (Å²) in [6, 6.07) is 7.10. The first-order valence-electron chi connectivity index (χ1n) is 5.14. The number of hydrazone groups is 1. The summed E-state index contributed by atoms with van der Waals surface area (Å²) in [7, 11) is 0. The van der Waals surface area contributed by atoms with Gasteiger partial charge in [0.25, 0.3) is 0 Å². The molecule has 0 fully saturated rings. The molecule has 4 nitrogen and oxygen atoms in total. The molecule has 4 heteroatoms. The summed E-state index contributed by atoms with van der Waals surface area (Å²) < 4.78 is 0. The zero-order valence-corrected chi connectivity index (χ0v) is 9.82. The maximum absolute atomic E-state index is 11.2. The van der Waals surface area contributed by atoms with Gasteiger partial charge in [-0.1, -0.05) is 26.0 Å². The fourth-order valence-electron chi connectivity index (χ4n) is 1.03. The van der Waals surface area contributed by atoms with Gasteiger partial charge in [-0.05, 0) is 19.1 Å². The highest BCUT2D eigenvalue weighted by atomic mass is 16.1. The quantitative estimate of drug-likeness (QED) is 0.464. The van der Waals surface area contributed by atoms with Gasteiger partial charge in [-0.2, -0.15) is 5.10 Å². The first-order chi connectivity index (χ1) is 7.75. The largest absolute Gasteiger partial charge is 0.307 e. The van der Waals surface area contributed by atoms with Crippen molar-refractivity contribution in [2.75, 3.05) is 5.43 Å². The number of Topliss-reactive ketones (excluding diaryl/α,β-unsaturated/α-hetero) is 1. The second-order valence-corrected chi connectivity index (χ2v) is 2.66. The Morgan fingerprint density at radius 3 is 2.56 bits per heavy atom. The predicted molar refractivity (Wildman–Crippen MR) is 68.7 cm³/mol. The fraction of sp³-hybridized carbons (Fsp3) is 0.250. The third kappa shape index (κ3) is 4.50. The van der Waals surface area contributed by atoms with Gasteiger partial charge in [-0.15, -0.1) is 0 Å². The van der Waals surface area contributed by atoms with Gasteiger partial charge < -0.3 is 5.41 Å². The Labute approximate surface area is 95.9 Å². The second-order valence-electron chi connectivity index (χ2n) is 2.66. The van der Waals surface area contributed by atoms with Gasteiger partial charge in [0.1, 0.15) is 0 Å². The standard InChI is InChI=1S/C10H11N3O.C2H6/c1-8(14)9-4-2-3-5-10(9)13-12-7-6-11;1-2/h2-7,11,13H,1H3;1-2H3/b11-6?,12-7-;. The predicted octanol–water partition coefficient (Wildman–Crippen LogP) is 2.96. The number of hydrogen-bond donors (Lipinski definition) is 2. The molecule has 1 aromatic carbocycles. The van der Waals surface area contributed by atoms with Gasteiger partial charge in [-0.3, -0.25) is 10.2 Å². The summed E-state index contributed by atoms with van der Waals surface area (Å²) in [5.41, 5.74) is 3.94. The molecule has 0 radical (unpaired) electrons. The van der Waals surface area contributed by atoms with E-state index in [9.17, 15) is 4.79 Å². The number of nitrogens with one attached hydrogen (secondary N) is 2. The summed E-state index contributed by atoms with van der Waals surface area (Å²) in [4.78, 5) is 11.2. The number of ketones is 1. The molecule has 2 N–H and O–H groups in total. The Balaban J connectivity index is 0.00000106. The van der Waals surface area contributed by atoms with E-state index in [-0.39, 0.29) is 5.78 Å². The Kier molecular flexibility index (Phi) is 7.32. The first kappa shape index (κ1) is 14.0. The average molecular weight is 219 g/mol. The summed E-state index contributed by atoms with van der Waals surface area (Å²) in [6.07, 6.45) is 2.36. The van der Waals surface area contributed by atoms with Gasteiger partial charge in [0.2, 0.25) is 0 Å². The van der Waals surface area contributed by atoms with E-state index in [1.54, 1.807) is 18.2 Å². The molecule has 16 heavy (non-hydrogen) atoms. The summed E-state index contributed by atoms with van der Waals surface area (Å²) in [5, 5.41) is 10.5. The molecule has 1 aromatic rings. The van der Waals surface area contributed by atoms with Crippen LogP contribution < -0.4 is 5.43 Å². The topological polar surface area (TPSA) is 65.3 Å². The Morgan fingerprint density at radius 1 is 1.38 bits per heavy atom. The van der Waals surface area contributed by atoms with Crippen LogP contribution in [-0.4, -0.2) is 18.2 Å². The molecule has 0 aromatic heterocycles. The lowest BCUT2D eigenvalue weighted by Crippen LogP contribution is -1.99. The molecule has 0 unspecified atom stereocenters. The van der Waals surface area contributed by atoms with E-state index in [0.29, 0.717) is 11.3 Å². The molecule has 0 atom stereocenters. The van der Waals surface area contributed by atoms with Crippen LogP contribution in [-0.2, 0) is 0 Å². The molecule has 0 aliphatic rings. The van der Waals surface area contributed by atoms with E-state index < -0.39 is 0 Å². The van der Waals surface area contributed by atoms with E-state index in [4.69, 9.17) is 5.41 Å². The molecular formula is C12H17N3O. The van der Waals surface area contributed by atoms with Gasteiger partial charge >= 0.3 is 0 Å². The number of hydrogen-bond acceptors (Lipinski definition) is 4. The molecular weight excluding hydrogens is 202 g/mol. The Bertz CT molecular complexity index is 372. The zero-order chi connectivity index (χ0) is 12.4. The number of nitrogens with zero attached hydrogens (tertiary/aromatic N) is 1. The van der Waals surface area contributed by atoms with Crippen LogP contribution in [0.2, 0.25) is 0 Å². The van der Waals surface area contributed by atoms with E-state index in [0.717, 1.165) is 6.21 Å². The number of carbonyl (C=O) groups excluding carboxylic acids is 1. The lowest BCUT2D eigenvalue weighted by molar-refractivity contribution is 0.101. The summed E-state index contributed by atoms with van der Waals surface area (Å²) in [5.74, 6) is -0.0156. The third-order valence-electron chi connectivity index (χ3n) is 1.64. The molecule has 1 rings (SSSR count). The van der Waals surface area contributed by atoms with Crippen LogP contribution in [0.3, 0.4) is 0 Å². The van der Waals surface area contributed by atoms with Crippen molar-refractivity contribution in [2.45, 2.75) is 20.8 Å². The van der Waals surface area contributed by atoms with Crippen LogP contribution in [0.15, 0.2) is 29.4 Å². The number of carbonyl (C=O) groups is 1. The number of benzene rings is 1. The van der Waals surface area contributed by atoms with Crippen LogP contribution in [0, 0.1) is 5.41 Å². The minimum absolute atomic E-state index is 0.0156. The highest BCUT2D eigenvalue weighted by molar-refractivity contribution is 6.14. The second kappa shape index (κ2) is 8.35. The SMILES string of the molecule is CC.CC(=O)c1ccccc1N/N=C\C=N. The van der Waals surface area contributed by atoms with Crippen LogP contribution in [0.1, 0.15) is 31.1 Å². The van der Waals surface area contributed by atoms with Crippen LogP contribution >= 0.6 is 0 Å². The lowest BCUT2D eigenvalue weighted by atomic mass is 10.1. The lowest BCUT2D eigenvalue weighted by Gasteiger charge is -2.04. The maximum atomic E-state index is 11.2. The zero-order valence-electron chi connectivity index (χ0n) is 9.82. The molecule has 86 valence electrons. The highest BCUT2D eigenvalue weighted by Gasteiger charge is 2.03. The van der Waals surface area contributed by atoms with Gasteiger partial charge in [-0.25, -0.2) is 0 Å². The maximum Gasteiger partial charge on any atom is 0.161 e. The van der Waals surface area contributed by atoms with Crippen LogP contribution in [0.5, 0.6) is 0 Å². The average Bonchev–Trinajstić information content (AvgIpc) is 2.32. The van der Waals surface area contributed by atoms with Crippen molar-refractivity contribution >= 4 is 23.9 Å². The van der Waals surface area contributed by atoms with Gasteiger partial charge in [0.15, 0.2) is 5.78 Å². The van der Waals surface area contributed by atoms with Crippen molar-refractivity contribution < 1.29 is 4.79 Å². The van der Waals surface area contributed by atoms with E-state index in [1.807, 2.05) is 19.9 Å². The van der Waals surface area contributed by atoms with Gasteiger partial charge in [0, 0.05) is 11.8 Å². The fourth-order valence-corrected chi connectivity index (χ4v) is 1.03. The molecule has 0 amide bonds. The normalized spacial score (nSPS) is 9.19. The van der Waals surface area contributed by atoms with Crippen LogP contribution in [0.4, 0.5) is 5.69 Å². The van der Waals surface area contributed by atoms with Gasteiger partial charge in [0.05, 0.1) is 11.9 Å². The molecule has 0 saturated carbocycles. The molecule has 0 bridgehead atoms. The smallest absolute Gasteiger partial charge is 0.161 e. The summed E-state index contributed by atoms with van der Waals surface area (Å²) in [6.45, 7) is 5.50.